The van der Waals surface area contributed by atoms with E-state index in [-0.39, 0.29) is 0 Å². The molecule has 25 heavy (non-hydrogen) atoms. The van der Waals surface area contributed by atoms with Crippen molar-refractivity contribution in [2.24, 2.45) is 0 Å². The van der Waals surface area contributed by atoms with Gasteiger partial charge in [-0.15, -0.1) is 0 Å². The maximum absolute atomic E-state index is 11.6. The van der Waals surface area contributed by atoms with Gasteiger partial charge in [-0.05, 0) is 51.3 Å². The third-order valence-corrected chi connectivity index (χ3v) is 3.50. The van der Waals surface area contributed by atoms with Gasteiger partial charge in [0.15, 0.2) is 0 Å². The Balaban J connectivity index is 2.46. The van der Waals surface area contributed by atoms with E-state index in [4.69, 9.17) is 4.74 Å². The second kappa shape index (κ2) is 10.8. The topological polar surface area (TPSA) is 58.6 Å². The van der Waals surface area contributed by atoms with Gasteiger partial charge in [-0.2, -0.15) is 0 Å². The van der Waals surface area contributed by atoms with Gasteiger partial charge in [0.2, 0.25) is 0 Å². The van der Waals surface area contributed by atoms with Crippen LogP contribution < -0.4 is 5.32 Å². The predicted octanol–water partition coefficient (Wildman–Crippen LogP) is 4.57. The third kappa shape index (κ3) is 9.79. The van der Waals surface area contributed by atoms with Crippen molar-refractivity contribution in [1.29, 1.82) is 0 Å². The van der Waals surface area contributed by atoms with Crippen molar-refractivity contribution in [2.75, 3.05) is 6.54 Å². The minimum absolute atomic E-state index is 0.350. The van der Waals surface area contributed by atoms with E-state index in [1.165, 1.54) is 12.8 Å². The van der Waals surface area contributed by atoms with Gasteiger partial charge >= 0.3 is 6.09 Å². The van der Waals surface area contributed by atoms with Crippen molar-refractivity contribution in [1.82, 2.24) is 5.32 Å². The highest BCUT2D eigenvalue weighted by atomic mass is 16.6. The Morgan fingerprint density at radius 1 is 1.32 bits per heavy atom. The summed E-state index contributed by atoms with van der Waals surface area (Å²) in [6.07, 6.45) is 3.75. The summed E-state index contributed by atoms with van der Waals surface area (Å²) in [4.78, 5) is 11.6. The highest BCUT2D eigenvalue weighted by Crippen LogP contribution is 2.17. The Hall–Kier alpha value is -1.99. The number of aliphatic hydroxyl groups is 1. The summed E-state index contributed by atoms with van der Waals surface area (Å²) in [7, 11) is 0. The molecular formula is C21H31NO3. The van der Waals surface area contributed by atoms with Crippen LogP contribution in [0.2, 0.25) is 0 Å². The molecule has 1 atom stereocenters. The number of nitrogens with one attached hydrogen (secondary N) is 1. The molecule has 0 aliphatic carbocycles. The molecule has 1 amide bonds. The first-order valence-electron chi connectivity index (χ1n) is 9.05. The fourth-order valence-electron chi connectivity index (χ4n) is 2.24. The van der Waals surface area contributed by atoms with Gasteiger partial charge < -0.3 is 15.2 Å². The van der Waals surface area contributed by atoms with Gasteiger partial charge in [0.1, 0.15) is 5.60 Å². The summed E-state index contributed by atoms with van der Waals surface area (Å²) in [5.41, 5.74) is 1.20. The molecule has 0 aromatic heterocycles. The lowest BCUT2D eigenvalue weighted by atomic mass is 10.0. The Morgan fingerprint density at radius 3 is 2.76 bits per heavy atom. The summed E-state index contributed by atoms with van der Waals surface area (Å²) in [5.74, 6) is 6.33. The highest BCUT2D eigenvalue weighted by molar-refractivity contribution is 5.67. The van der Waals surface area contributed by atoms with E-state index >= 15 is 0 Å². The molecule has 0 fully saturated rings. The van der Waals surface area contributed by atoms with Crippen molar-refractivity contribution in [2.45, 2.75) is 71.5 Å². The van der Waals surface area contributed by atoms with Crippen LogP contribution in [0.3, 0.4) is 0 Å². The molecule has 0 saturated carbocycles. The Kier molecular flexibility index (Phi) is 9.08. The standard InChI is InChI=1S/C21H31NO3/c1-5-6-7-8-9-11-17-12-10-13-18(16-17)19(23)14-15-22-20(24)25-21(2,3)4/h10,12-13,16,19,23H,5-8,14-15H2,1-4H3,(H,22,24). The minimum Gasteiger partial charge on any atom is -0.444 e. The zero-order valence-corrected chi connectivity index (χ0v) is 15.9. The summed E-state index contributed by atoms with van der Waals surface area (Å²) in [6, 6.07) is 7.63. The Bertz CT molecular complexity index is 593. The number of benzene rings is 1. The smallest absolute Gasteiger partial charge is 0.407 e. The van der Waals surface area contributed by atoms with Gasteiger partial charge in [0, 0.05) is 18.5 Å². The van der Waals surface area contributed by atoms with E-state index < -0.39 is 17.8 Å². The Morgan fingerprint density at radius 2 is 2.08 bits per heavy atom. The zero-order chi connectivity index (χ0) is 18.7. The van der Waals surface area contributed by atoms with Crippen LogP contribution in [0.25, 0.3) is 0 Å². The zero-order valence-electron chi connectivity index (χ0n) is 15.9. The van der Waals surface area contributed by atoms with Crippen molar-refractivity contribution >= 4 is 6.09 Å². The van der Waals surface area contributed by atoms with Gasteiger partial charge in [0.25, 0.3) is 0 Å². The van der Waals surface area contributed by atoms with Crippen LogP contribution in [-0.2, 0) is 4.74 Å². The largest absolute Gasteiger partial charge is 0.444 e. The summed E-state index contributed by atoms with van der Waals surface area (Å²) >= 11 is 0. The van der Waals surface area contributed by atoms with Crippen molar-refractivity contribution < 1.29 is 14.6 Å². The van der Waals surface area contributed by atoms with Gasteiger partial charge in [-0.3, -0.25) is 0 Å². The van der Waals surface area contributed by atoms with E-state index in [1.54, 1.807) is 0 Å². The van der Waals surface area contributed by atoms with Crippen LogP contribution in [0.1, 0.15) is 77.0 Å². The number of amides is 1. The van der Waals surface area contributed by atoms with Crippen molar-refractivity contribution in [3.05, 3.63) is 35.4 Å². The lowest BCUT2D eigenvalue weighted by Crippen LogP contribution is -2.33. The molecule has 1 aromatic carbocycles. The summed E-state index contributed by atoms with van der Waals surface area (Å²) in [6.45, 7) is 7.97. The first-order valence-corrected chi connectivity index (χ1v) is 9.05. The van der Waals surface area contributed by atoms with E-state index in [2.05, 4.69) is 24.1 Å². The van der Waals surface area contributed by atoms with Crippen LogP contribution in [0, 0.1) is 11.8 Å². The summed E-state index contributed by atoms with van der Waals surface area (Å²) in [5, 5.41) is 13.0. The monoisotopic (exact) mass is 345 g/mol. The van der Waals surface area contributed by atoms with E-state index in [0.29, 0.717) is 13.0 Å². The molecule has 0 radical (unpaired) electrons. The molecule has 4 heteroatoms. The van der Waals surface area contributed by atoms with E-state index in [1.807, 2.05) is 45.0 Å². The molecule has 1 aromatic rings. The van der Waals surface area contributed by atoms with Gasteiger partial charge in [-0.1, -0.05) is 43.7 Å². The molecule has 138 valence electrons. The molecule has 1 unspecified atom stereocenters. The average molecular weight is 345 g/mol. The third-order valence-electron chi connectivity index (χ3n) is 3.50. The second-order valence-corrected chi connectivity index (χ2v) is 7.12. The SMILES string of the molecule is CCCCCC#Cc1cccc(C(O)CCNC(=O)OC(C)(C)C)c1. The van der Waals surface area contributed by atoms with E-state index in [0.717, 1.165) is 24.0 Å². The normalized spacial score (nSPS) is 12.0. The number of aliphatic hydroxyl groups excluding tert-OH is 1. The van der Waals surface area contributed by atoms with Crippen LogP contribution in [0.4, 0.5) is 4.79 Å². The molecular weight excluding hydrogens is 314 g/mol. The number of carbonyl (C=O) groups is 1. The predicted molar refractivity (Wildman–Crippen MR) is 101 cm³/mol. The average Bonchev–Trinajstić information content (AvgIpc) is 2.53. The number of hydrogen-bond acceptors (Lipinski definition) is 3. The molecule has 1 rings (SSSR count). The number of carbonyl (C=O) groups excluding carboxylic acids is 1. The van der Waals surface area contributed by atoms with Crippen LogP contribution in [-0.4, -0.2) is 23.3 Å². The lowest BCUT2D eigenvalue weighted by molar-refractivity contribution is 0.0518. The molecule has 0 spiro atoms. The quantitative estimate of drug-likeness (QED) is 0.562. The minimum atomic E-state index is -0.642. The van der Waals surface area contributed by atoms with Crippen molar-refractivity contribution in [3.8, 4) is 11.8 Å². The Labute approximate surface area is 152 Å². The molecule has 2 N–H and O–H groups in total. The number of alkyl carbamates (subject to hydrolysis) is 1. The number of unbranched alkanes of at least 4 members (excludes halogenated alkanes) is 3. The van der Waals surface area contributed by atoms with E-state index in [9.17, 15) is 9.90 Å². The van der Waals surface area contributed by atoms with Gasteiger partial charge in [0.05, 0.1) is 6.10 Å². The molecule has 0 bridgehead atoms. The molecule has 0 saturated heterocycles. The maximum Gasteiger partial charge on any atom is 0.407 e. The van der Waals surface area contributed by atoms with Crippen LogP contribution >= 0.6 is 0 Å². The molecule has 0 heterocycles. The molecule has 0 aliphatic heterocycles. The van der Waals surface area contributed by atoms with Gasteiger partial charge in [-0.25, -0.2) is 4.79 Å². The number of hydrogen-bond donors (Lipinski definition) is 2. The second-order valence-electron chi connectivity index (χ2n) is 7.12. The highest BCUT2D eigenvalue weighted by Gasteiger charge is 2.16. The summed E-state index contributed by atoms with van der Waals surface area (Å²) < 4.78 is 5.17. The first kappa shape index (κ1) is 21.1. The number of ether oxygens (including phenoxy) is 1. The maximum atomic E-state index is 11.6. The molecule has 4 nitrogen and oxygen atoms in total. The fourth-order valence-corrected chi connectivity index (χ4v) is 2.24. The number of rotatable bonds is 7. The van der Waals surface area contributed by atoms with Crippen LogP contribution in [0.5, 0.6) is 0 Å². The van der Waals surface area contributed by atoms with Crippen molar-refractivity contribution in [3.63, 3.8) is 0 Å². The molecule has 0 aliphatic rings. The lowest BCUT2D eigenvalue weighted by Gasteiger charge is -2.20. The van der Waals surface area contributed by atoms with Crippen LogP contribution in [0.15, 0.2) is 24.3 Å². The first-order chi connectivity index (χ1) is 11.8. The fraction of sp³-hybridized carbons (Fsp3) is 0.571.